The molecule has 0 radical (unpaired) electrons. The molecule has 2 aliphatic rings. The average Bonchev–Trinajstić information content (AvgIpc) is 3.10. The summed E-state index contributed by atoms with van der Waals surface area (Å²) < 4.78 is 8.93. The normalized spacial score (nSPS) is 22.8. The molecule has 3 heterocycles. The molecule has 4 rings (SSSR count). The van der Waals surface area contributed by atoms with E-state index in [1.165, 1.54) is 6.08 Å². The van der Waals surface area contributed by atoms with Crippen molar-refractivity contribution in [2.45, 2.75) is 19.9 Å². The van der Waals surface area contributed by atoms with E-state index in [9.17, 15) is 9.59 Å². The Hall–Kier alpha value is -3.36. The molecule has 170 valence electrons. The van der Waals surface area contributed by atoms with Crippen LogP contribution < -0.4 is 10.9 Å². The highest BCUT2D eigenvalue weighted by atomic mass is 16.5. The quantitative estimate of drug-likeness (QED) is 0.405. The third-order valence-electron chi connectivity index (χ3n) is 6.51. The number of nitrogens with one attached hydrogen (secondary N) is 1. The summed E-state index contributed by atoms with van der Waals surface area (Å²) in [4.78, 5) is 35.6. The van der Waals surface area contributed by atoms with Gasteiger partial charge in [0, 0.05) is 39.9 Å². The maximum atomic E-state index is 13.3. The molecule has 0 bridgehead atoms. The molecular weight excluding hydrogens is 408 g/mol. The number of hydrogen-bond acceptors (Lipinski definition) is 6. The number of carbonyl (C=O) groups is 1. The second-order valence-electron chi connectivity index (χ2n) is 8.38. The van der Waals surface area contributed by atoms with Gasteiger partial charge in [-0.1, -0.05) is 19.6 Å². The third-order valence-corrected chi connectivity index (χ3v) is 6.51. The first kappa shape index (κ1) is 21.9. The van der Waals surface area contributed by atoms with Crippen LogP contribution in [0.4, 0.5) is 5.69 Å². The number of aliphatic imine (C=N–C) groups is 1. The minimum atomic E-state index is -0.0632. The largest absolute Gasteiger partial charge is 0.480 e. The summed E-state index contributed by atoms with van der Waals surface area (Å²) in [6.45, 7) is 7.70. The van der Waals surface area contributed by atoms with Crippen molar-refractivity contribution >= 4 is 28.5 Å². The van der Waals surface area contributed by atoms with Crippen molar-refractivity contribution in [3.63, 3.8) is 0 Å². The van der Waals surface area contributed by atoms with Gasteiger partial charge in [0.05, 0.1) is 24.8 Å². The van der Waals surface area contributed by atoms with Crippen LogP contribution in [0.25, 0.3) is 11.0 Å². The van der Waals surface area contributed by atoms with Gasteiger partial charge in [-0.25, -0.2) is 4.98 Å². The van der Waals surface area contributed by atoms with Crippen molar-refractivity contribution in [2.75, 3.05) is 32.6 Å². The zero-order valence-electron chi connectivity index (χ0n) is 19.0. The topological polar surface area (TPSA) is 93.8 Å². The molecule has 0 aromatic carbocycles. The number of pyridine rings is 1. The van der Waals surface area contributed by atoms with Crippen molar-refractivity contribution in [1.29, 1.82) is 0 Å². The third kappa shape index (κ3) is 3.72. The van der Waals surface area contributed by atoms with Gasteiger partial charge in [-0.05, 0) is 30.3 Å². The number of piperidine rings is 1. The van der Waals surface area contributed by atoms with Crippen molar-refractivity contribution in [1.82, 2.24) is 19.0 Å². The van der Waals surface area contributed by atoms with Gasteiger partial charge in [0.2, 0.25) is 11.8 Å². The lowest BCUT2D eigenvalue weighted by molar-refractivity contribution is -0.125. The molecule has 9 heteroatoms. The molecule has 0 spiro atoms. The number of carbonyl (C=O) groups excluding carboxylic acids is 1. The van der Waals surface area contributed by atoms with Gasteiger partial charge in [-0.15, -0.1) is 0 Å². The van der Waals surface area contributed by atoms with Crippen LogP contribution in [0.1, 0.15) is 13.3 Å². The van der Waals surface area contributed by atoms with E-state index in [2.05, 4.69) is 21.9 Å². The van der Waals surface area contributed by atoms with Crippen LogP contribution in [0.5, 0.6) is 0 Å². The fourth-order valence-electron chi connectivity index (χ4n) is 4.84. The van der Waals surface area contributed by atoms with Crippen LogP contribution in [0, 0.1) is 17.8 Å². The minimum Gasteiger partial charge on any atom is -0.480 e. The van der Waals surface area contributed by atoms with Crippen LogP contribution >= 0.6 is 0 Å². The summed E-state index contributed by atoms with van der Waals surface area (Å²) in [5.41, 5.74) is 2.56. The van der Waals surface area contributed by atoms with E-state index in [-0.39, 0.29) is 11.5 Å². The number of hydrogen-bond donors (Lipinski definition) is 1. The Kier molecular flexibility index (Phi) is 5.90. The SMILES string of the molecule is C=CC(=O)N1CC2C(C1)C2Cn1cc(N/C(=C/CC)C(=NC)OC)c2ncn(C)c2c1=O. The number of aryl methyl sites for hydroxylation is 1. The second kappa shape index (κ2) is 8.64. The van der Waals surface area contributed by atoms with E-state index in [4.69, 9.17) is 4.74 Å². The standard InChI is InChI=1S/C23H30N6O3/c1-6-8-17(22(24-3)32-5)26-18-12-29(23(31)21-20(18)25-13-27(21)4)11-16-14-9-28(10-15(14)16)19(30)7-2/h7-8,12-16,26H,2,6,9-11H2,1,3-5H3/b17-8+,24-22?. The molecule has 1 N–H and O–H groups in total. The van der Waals surface area contributed by atoms with Crippen LogP contribution in [-0.4, -0.2) is 58.1 Å². The molecule has 2 aromatic heterocycles. The summed E-state index contributed by atoms with van der Waals surface area (Å²) in [5.74, 6) is 1.73. The van der Waals surface area contributed by atoms with Gasteiger partial charge >= 0.3 is 0 Å². The highest BCUT2D eigenvalue weighted by Gasteiger charge is 2.56. The van der Waals surface area contributed by atoms with Crippen molar-refractivity contribution in [2.24, 2.45) is 29.8 Å². The second-order valence-corrected chi connectivity index (χ2v) is 8.38. The lowest BCUT2D eigenvalue weighted by atomic mass is 10.2. The van der Waals surface area contributed by atoms with E-state index in [0.29, 0.717) is 41.2 Å². The molecule has 2 atom stereocenters. The number of rotatable bonds is 7. The fourth-order valence-corrected chi connectivity index (χ4v) is 4.84. The first-order valence-corrected chi connectivity index (χ1v) is 10.9. The summed E-state index contributed by atoms with van der Waals surface area (Å²) in [6, 6.07) is 0. The number of imidazole rings is 1. The van der Waals surface area contributed by atoms with Crippen LogP contribution in [0.2, 0.25) is 0 Å². The number of likely N-dealkylation sites (tertiary alicyclic amines) is 1. The van der Waals surface area contributed by atoms with Gasteiger partial charge in [-0.3, -0.25) is 14.6 Å². The zero-order chi connectivity index (χ0) is 23.0. The van der Waals surface area contributed by atoms with Crippen molar-refractivity contribution in [3.05, 3.63) is 47.3 Å². The molecule has 32 heavy (non-hydrogen) atoms. The Labute approximate surface area is 187 Å². The van der Waals surface area contributed by atoms with Crippen LogP contribution in [0.15, 0.2) is 46.7 Å². The van der Waals surface area contributed by atoms with Gasteiger partial charge in [0.1, 0.15) is 11.0 Å². The van der Waals surface area contributed by atoms with Gasteiger partial charge in [-0.2, -0.15) is 0 Å². The van der Waals surface area contributed by atoms with E-state index in [1.807, 2.05) is 31.1 Å². The number of aromatic nitrogens is 3. The summed E-state index contributed by atoms with van der Waals surface area (Å²) >= 11 is 0. The number of fused-ring (bicyclic) bond motifs is 2. The number of methoxy groups -OCH3 is 1. The molecule has 1 aliphatic carbocycles. The van der Waals surface area contributed by atoms with Crippen molar-refractivity contribution < 1.29 is 9.53 Å². The predicted molar refractivity (Wildman–Crippen MR) is 125 cm³/mol. The predicted octanol–water partition coefficient (Wildman–Crippen LogP) is 2.01. The lowest BCUT2D eigenvalue weighted by Crippen LogP contribution is -2.31. The molecule has 9 nitrogen and oxygen atoms in total. The number of ether oxygens (including phenoxy) is 1. The highest BCUT2D eigenvalue weighted by molar-refractivity contribution is 5.99. The molecular formula is C23H30N6O3. The smallest absolute Gasteiger partial charge is 0.276 e. The summed E-state index contributed by atoms with van der Waals surface area (Å²) in [7, 11) is 5.08. The summed E-state index contributed by atoms with van der Waals surface area (Å²) in [5, 5.41) is 3.39. The highest BCUT2D eigenvalue weighted by Crippen LogP contribution is 2.52. The molecule has 1 saturated carbocycles. The van der Waals surface area contributed by atoms with E-state index in [1.54, 1.807) is 29.6 Å². The first-order valence-electron chi connectivity index (χ1n) is 10.9. The Balaban J connectivity index is 1.64. The summed E-state index contributed by atoms with van der Waals surface area (Å²) in [6.07, 6.45) is 7.65. The molecule has 1 saturated heterocycles. The lowest BCUT2D eigenvalue weighted by Gasteiger charge is -2.19. The number of allylic oxidation sites excluding steroid dienone is 1. The molecule has 1 amide bonds. The number of nitrogens with zero attached hydrogens (tertiary/aromatic N) is 5. The minimum absolute atomic E-state index is 0.0160. The fraction of sp³-hybridized carbons (Fsp3) is 0.478. The first-order chi connectivity index (χ1) is 15.4. The molecule has 1 aliphatic heterocycles. The monoisotopic (exact) mass is 438 g/mol. The molecule has 2 aromatic rings. The Morgan fingerprint density at radius 2 is 2.12 bits per heavy atom. The number of amides is 1. The van der Waals surface area contributed by atoms with Gasteiger partial charge < -0.3 is 24.1 Å². The van der Waals surface area contributed by atoms with Gasteiger partial charge in [0.25, 0.3) is 5.56 Å². The van der Waals surface area contributed by atoms with E-state index >= 15 is 0 Å². The maximum absolute atomic E-state index is 13.3. The zero-order valence-corrected chi connectivity index (χ0v) is 19.0. The van der Waals surface area contributed by atoms with E-state index < -0.39 is 0 Å². The Morgan fingerprint density at radius 3 is 2.72 bits per heavy atom. The Morgan fingerprint density at radius 1 is 1.41 bits per heavy atom. The Bertz CT molecular complexity index is 1160. The van der Waals surface area contributed by atoms with Gasteiger partial charge in [0.15, 0.2) is 0 Å². The van der Waals surface area contributed by atoms with Crippen LogP contribution in [0.3, 0.4) is 0 Å². The van der Waals surface area contributed by atoms with E-state index in [0.717, 1.165) is 30.9 Å². The molecule has 2 fully saturated rings. The number of anilines is 1. The maximum Gasteiger partial charge on any atom is 0.276 e. The van der Waals surface area contributed by atoms with Crippen LogP contribution in [-0.2, 0) is 23.1 Å². The average molecular weight is 439 g/mol. The molecule has 2 unspecified atom stereocenters. The van der Waals surface area contributed by atoms with Crippen molar-refractivity contribution in [3.8, 4) is 0 Å².